The molecule has 0 radical (unpaired) electrons. The van der Waals surface area contributed by atoms with Gasteiger partial charge in [0.15, 0.2) is 0 Å². The number of benzene rings is 1. The van der Waals surface area contributed by atoms with Crippen LogP contribution in [0.5, 0.6) is 5.75 Å². The van der Waals surface area contributed by atoms with Crippen molar-refractivity contribution in [2.45, 2.75) is 38.6 Å². The molecule has 2 bridgehead atoms. The fourth-order valence-corrected chi connectivity index (χ4v) is 4.99. The molecule has 26 heavy (non-hydrogen) atoms. The van der Waals surface area contributed by atoms with Crippen LogP contribution in [-0.4, -0.2) is 37.7 Å². The van der Waals surface area contributed by atoms with Crippen LogP contribution >= 0.6 is 0 Å². The minimum Gasteiger partial charge on any atom is -0.490 e. The number of fused-ring (bicyclic) bond motifs is 3. The molecule has 1 aliphatic heterocycles. The minimum absolute atomic E-state index is 0.113. The van der Waals surface area contributed by atoms with Crippen LogP contribution in [0.3, 0.4) is 0 Å². The van der Waals surface area contributed by atoms with Gasteiger partial charge in [-0.15, -0.1) is 0 Å². The SMILES string of the molecule is CC(NC(=O)NC(=O)CN1CCOc2ccccc21)C1CC2CCC1C2. The van der Waals surface area contributed by atoms with Crippen molar-refractivity contribution in [3.05, 3.63) is 24.3 Å². The summed E-state index contributed by atoms with van der Waals surface area (Å²) in [6, 6.07) is 7.38. The van der Waals surface area contributed by atoms with Gasteiger partial charge in [-0.1, -0.05) is 18.6 Å². The zero-order valence-corrected chi connectivity index (χ0v) is 15.2. The van der Waals surface area contributed by atoms with Gasteiger partial charge in [0.1, 0.15) is 12.4 Å². The molecule has 3 aliphatic rings. The van der Waals surface area contributed by atoms with Crippen LogP contribution in [0.25, 0.3) is 0 Å². The number of nitrogens with one attached hydrogen (secondary N) is 2. The summed E-state index contributed by atoms with van der Waals surface area (Å²) in [5, 5.41) is 5.46. The highest BCUT2D eigenvalue weighted by Crippen LogP contribution is 2.49. The van der Waals surface area contributed by atoms with E-state index in [1.807, 2.05) is 29.2 Å². The summed E-state index contributed by atoms with van der Waals surface area (Å²) in [5.74, 6) is 2.64. The molecular weight excluding hydrogens is 330 g/mol. The Labute approximate surface area is 154 Å². The maximum atomic E-state index is 12.3. The van der Waals surface area contributed by atoms with Crippen LogP contribution in [0.15, 0.2) is 24.3 Å². The summed E-state index contributed by atoms with van der Waals surface area (Å²) in [7, 11) is 0. The second-order valence-corrected chi connectivity index (χ2v) is 7.89. The Kier molecular flexibility index (Phi) is 4.74. The molecule has 0 spiro atoms. The first-order valence-corrected chi connectivity index (χ1v) is 9.67. The number of imide groups is 1. The van der Waals surface area contributed by atoms with Crippen molar-refractivity contribution in [1.29, 1.82) is 0 Å². The van der Waals surface area contributed by atoms with Gasteiger partial charge in [-0.05, 0) is 56.1 Å². The number of para-hydroxylation sites is 2. The third kappa shape index (κ3) is 3.50. The Morgan fingerprint density at radius 2 is 2.12 bits per heavy atom. The topological polar surface area (TPSA) is 70.7 Å². The molecular formula is C20H27N3O3. The van der Waals surface area contributed by atoms with Gasteiger partial charge < -0.3 is 15.0 Å². The molecule has 0 aromatic heterocycles. The normalized spacial score (nSPS) is 27.4. The van der Waals surface area contributed by atoms with Crippen molar-refractivity contribution < 1.29 is 14.3 Å². The molecule has 4 unspecified atom stereocenters. The molecule has 1 heterocycles. The van der Waals surface area contributed by atoms with E-state index in [9.17, 15) is 9.59 Å². The van der Waals surface area contributed by atoms with E-state index >= 15 is 0 Å². The first kappa shape index (κ1) is 17.2. The number of ether oxygens (including phenoxy) is 1. The Bertz CT molecular complexity index is 693. The lowest BCUT2D eigenvalue weighted by molar-refractivity contribution is -0.118. The third-order valence-corrected chi connectivity index (χ3v) is 6.21. The predicted octanol–water partition coefficient (Wildman–Crippen LogP) is 2.54. The van der Waals surface area contributed by atoms with Crippen molar-refractivity contribution in [3.8, 4) is 5.75 Å². The number of carbonyl (C=O) groups is 2. The molecule has 6 heteroatoms. The van der Waals surface area contributed by atoms with Crippen LogP contribution < -0.4 is 20.3 Å². The molecule has 1 aromatic carbocycles. The van der Waals surface area contributed by atoms with Gasteiger partial charge in [0.25, 0.3) is 0 Å². The van der Waals surface area contributed by atoms with Gasteiger partial charge in [-0.3, -0.25) is 10.1 Å². The molecule has 6 nitrogen and oxygen atoms in total. The molecule has 140 valence electrons. The van der Waals surface area contributed by atoms with E-state index in [2.05, 4.69) is 17.6 Å². The van der Waals surface area contributed by atoms with Crippen LogP contribution in [0.4, 0.5) is 10.5 Å². The lowest BCUT2D eigenvalue weighted by Crippen LogP contribution is -2.50. The van der Waals surface area contributed by atoms with Crippen LogP contribution in [0.2, 0.25) is 0 Å². The van der Waals surface area contributed by atoms with Gasteiger partial charge in [-0.2, -0.15) is 0 Å². The monoisotopic (exact) mass is 357 g/mol. The van der Waals surface area contributed by atoms with E-state index in [0.29, 0.717) is 19.1 Å². The molecule has 1 aromatic rings. The molecule has 2 saturated carbocycles. The first-order chi connectivity index (χ1) is 12.6. The fourth-order valence-electron chi connectivity index (χ4n) is 4.99. The van der Waals surface area contributed by atoms with E-state index in [4.69, 9.17) is 4.74 Å². The molecule has 2 N–H and O–H groups in total. The maximum absolute atomic E-state index is 12.3. The summed E-state index contributed by atoms with van der Waals surface area (Å²) in [4.78, 5) is 26.5. The minimum atomic E-state index is -0.383. The van der Waals surface area contributed by atoms with E-state index in [-0.39, 0.29) is 24.5 Å². The summed E-state index contributed by atoms with van der Waals surface area (Å²) >= 11 is 0. The summed E-state index contributed by atoms with van der Waals surface area (Å²) in [5.41, 5.74) is 0.893. The van der Waals surface area contributed by atoms with Gasteiger partial charge >= 0.3 is 6.03 Å². The van der Waals surface area contributed by atoms with Gasteiger partial charge in [0.2, 0.25) is 5.91 Å². The van der Waals surface area contributed by atoms with Gasteiger partial charge in [0.05, 0.1) is 18.8 Å². The number of amides is 3. The van der Waals surface area contributed by atoms with Crippen LogP contribution in [-0.2, 0) is 4.79 Å². The first-order valence-electron chi connectivity index (χ1n) is 9.67. The standard InChI is InChI=1S/C20H27N3O3/c1-13(16-11-14-6-7-15(16)10-14)21-20(25)22-19(24)12-23-8-9-26-18-5-3-2-4-17(18)23/h2-5,13-16H,6-12H2,1H3,(H2,21,22,24,25). The maximum Gasteiger partial charge on any atom is 0.321 e. The van der Waals surface area contributed by atoms with Crippen molar-refractivity contribution in [1.82, 2.24) is 10.6 Å². The largest absolute Gasteiger partial charge is 0.490 e. The Hall–Kier alpha value is -2.24. The molecule has 2 aliphatic carbocycles. The lowest BCUT2D eigenvalue weighted by atomic mass is 9.84. The van der Waals surface area contributed by atoms with Crippen molar-refractivity contribution in [3.63, 3.8) is 0 Å². The fraction of sp³-hybridized carbons (Fsp3) is 0.600. The number of hydrogen-bond donors (Lipinski definition) is 2. The van der Waals surface area contributed by atoms with Gasteiger partial charge in [0, 0.05) is 6.04 Å². The smallest absolute Gasteiger partial charge is 0.321 e. The lowest BCUT2D eigenvalue weighted by Gasteiger charge is -2.31. The Morgan fingerprint density at radius 3 is 2.88 bits per heavy atom. The van der Waals surface area contributed by atoms with Crippen molar-refractivity contribution in [2.75, 3.05) is 24.6 Å². The average Bonchev–Trinajstić information content (AvgIpc) is 3.25. The number of carbonyl (C=O) groups excluding carboxylic acids is 2. The van der Waals surface area contributed by atoms with E-state index in [1.54, 1.807) is 0 Å². The van der Waals surface area contributed by atoms with Crippen LogP contribution in [0.1, 0.15) is 32.6 Å². The number of nitrogens with zero attached hydrogens (tertiary/aromatic N) is 1. The van der Waals surface area contributed by atoms with E-state index in [1.165, 1.54) is 25.7 Å². The highest BCUT2D eigenvalue weighted by molar-refractivity contribution is 5.96. The molecule has 3 amide bonds. The summed E-state index contributed by atoms with van der Waals surface area (Å²) < 4.78 is 5.60. The molecule has 4 atom stereocenters. The van der Waals surface area contributed by atoms with Crippen LogP contribution in [0, 0.1) is 17.8 Å². The summed E-state index contributed by atoms with van der Waals surface area (Å²) in [6.45, 7) is 3.38. The highest BCUT2D eigenvalue weighted by Gasteiger charge is 2.42. The second kappa shape index (κ2) is 7.17. The van der Waals surface area contributed by atoms with Gasteiger partial charge in [-0.25, -0.2) is 4.79 Å². The quantitative estimate of drug-likeness (QED) is 0.869. The number of anilines is 1. The molecule has 4 rings (SSSR count). The second-order valence-electron chi connectivity index (χ2n) is 7.89. The van der Waals surface area contributed by atoms with Crippen molar-refractivity contribution in [2.24, 2.45) is 17.8 Å². The molecule has 2 fully saturated rings. The highest BCUT2D eigenvalue weighted by atomic mass is 16.5. The zero-order chi connectivity index (χ0) is 18.1. The zero-order valence-electron chi connectivity index (χ0n) is 15.2. The number of rotatable bonds is 4. The Balaban J connectivity index is 1.28. The van der Waals surface area contributed by atoms with E-state index < -0.39 is 0 Å². The molecule has 0 saturated heterocycles. The van der Waals surface area contributed by atoms with Crippen molar-refractivity contribution >= 4 is 17.6 Å². The number of urea groups is 1. The Morgan fingerprint density at radius 1 is 1.27 bits per heavy atom. The average molecular weight is 357 g/mol. The third-order valence-electron chi connectivity index (χ3n) is 6.21. The number of hydrogen-bond acceptors (Lipinski definition) is 4. The van der Waals surface area contributed by atoms with E-state index in [0.717, 1.165) is 23.3 Å². The predicted molar refractivity (Wildman–Crippen MR) is 99.2 cm³/mol. The summed E-state index contributed by atoms with van der Waals surface area (Å²) in [6.07, 6.45) is 5.16.